The van der Waals surface area contributed by atoms with Crippen LogP contribution in [-0.4, -0.2) is 35.6 Å². The number of carbonyl (C=O) groups is 2. The van der Waals surface area contributed by atoms with Crippen LogP contribution in [-0.2, 0) is 9.59 Å². The van der Waals surface area contributed by atoms with E-state index in [0.29, 0.717) is 6.54 Å². The van der Waals surface area contributed by atoms with Gasteiger partial charge in [0.2, 0.25) is 11.8 Å². The van der Waals surface area contributed by atoms with E-state index in [9.17, 15) is 14.7 Å². The summed E-state index contributed by atoms with van der Waals surface area (Å²) in [6.45, 7) is 6.48. The van der Waals surface area contributed by atoms with Gasteiger partial charge in [-0.15, -0.1) is 0 Å². The third-order valence-corrected chi connectivity index (χ3v) is 5.38. The molecule has 1 saturated heterocycles. The lowest BCUT2D eigenvalue weighted by atomic mass is 10.00. The van der Waals surface area contributed by atoms with Crippen LogP contribution in [0.25, 0.3) is 0 Å². The van der Waals surface area contributed by atoms with E-state index in [0.717, 1.165) is 24.1 Å². The maximum atomic E-state index is 12.4. The van der Waals surface area contributed by atoms with Crippen molar-refractivity contribution in [2.45, 2.75) is 45.6 Å². The Morgan fingerprint density at radius 2 is 2.04 bits per heavy atom. The largest absolute Gasteiger partial charge is 0.388 e. The van der Waals surface area contributed by atoms with Crippen molar-refractivity contribution in [1.82, 2.24) is 5.32 Å². The number of benzene rings is 1. The normalized spacial score (nSPS) is 23.2. The van der Waals surface area contributed by atoms with Crippen molar-refractivity contribution in [3.05, 3.63) is 29.3 Å². The van der Waals surface area contributed by atoms with Gasteiger partial charge in [-0.05, 0) is 62.8 Å². The number of hydrogen-bond acceptors (Lipinski definition) is 3. The first kappa shape index (κ1) is 17.0. The van der Waals surface area contributed by atoms with E-state index < -0.39 is 5.60 Å². The molecule has 1 aromatic carbocycles. The Morgan fingerprint density at radius 1 is 1.33 bits per heavy atom. The summed E-state index contributed by atoms with van der Waals surface area (Å²) in [5.74, 6) is -0.230. The van der Waals surface area contributed by atoms with E-state index in [2.05, 4.69) is 5.32 Å². The van der Waals surface area contributed by atoms with Gasteiger partial charge < -0.3 is 15.3 Å². The van der Waals surface area contributed by atoms with Crippen LogP contribution >= 0.6 is 0 Å². The Bertz CT molecular complexity index is 665. The van der Waals surface area contributed by atoms with Crippen molar-refractivity contribution < 1.29 is 14.7 Å². The summed E-state index contributed by atoms with van der Waals surface area (Å²) in [5.41, 5.74) is 2.32. The molecular formula is C19H26N2O3. The molecule has 5 heteroatoms. The van der Waals surface area contributed by atoms with Gasteiger partial charge in [0.25, 0.3) is 0 Å². The Morgan fingerprint density at radius 3 is 2.67 bits per heavy atom. The zero-order valence-corrected chi connectivity index (χ0v) is 14.6. The summed E-state index contributed by atoms with van der Waals surface area (Å²) in [6.07, 6.45) is 2.26. The molecule has 2 fully saturated rings. The zero-order chi connectivity index (χ0) is 17.5. The number of aryl methyl sites for hydroxylation is 2. The molecule has 24 heavy (non-hydrogen) atoms. The maximum absolute atomic E-state index is 12.4. The summed E-state index contributed by atoms with van der Waals surface area (Å²) in [5, 5.41) is 13.1. The second-order valence-electron chi connectivity index (χ2n) is 7.52. The molecule has 0 bridgehead atoms. The quantitative estimate of drug-likeness (QED) is 0.867. The first-order chi connectivity index (χ1) is 11.3. The highest BCUT2D eigenvalue weighted by molar-refractivity contribution is 6.00. The molecule has 5 nitrogen and oxygen atoms in total. The van der Waals surface area contributed by atoms with E-state index >= 15 is 0 Å². The van der Waals surface area contributed by atoms with Crippen LogP contribution < -0.4 is 10.2 Å². The first-order valence-electron chi connectivity index (χ1n) is 8.65. The minimum Gasteiger partial charge on any atom is -0.388 e. The number of rotatable bonds is 5. The average molecular weight is 330 g/mol. The Kier molecular flexibility index (Phi) is 4.38. The summed E-state index contributed by atoms with van der Waals surface area (Å²) >= 11 is 0. The number of nitrogens with zero attached hydrogens (tertiary/aromatic N) is 1. The lowest BCUT2D eigenvalue weighted by Crippen LogP contribution is -2.44. The van der Waals surface area contributed by atoms with Crippen LogP contribution in [0.4, 0.5) is 5.69 Å². The maximum Gasteiger partial charge on any atom is 0.227 e. The van der Waals surface area contributed by atoms with Gasteiger partial charge in [0, 0.05) is 25.2 Å². The first-order valence-corrected chi connectivity index (χ1v) is 8.65. The van der Waals surface area contributed by atoms with Crippen LogP contribution in [0.15, 0.2) is 18.2 Å². The Hall–Kier alpha value is -1.88. The van der Waals surface area contributed by atoms with Crippen LogP contribution in [0.2, 0.25) is 0 Å². The topological polar surface area (TPSA) is 69.6 Å². The summed E-state index contributed by atoms with van der Waals surface area (Å²) in [6, 6.07) is 5.92. The Labute approximate surface area is 143 Å². The minimum atomic E-state index is -0.841. The summed E-state index contributed by atoms with van der Waals surface area (Å²) in [7, 11) is 0. The van der Waals surface area contributed by atoms with Crippen LogP contribution in [0, 0.1) is 25.7 Å². The molecule has 0 unspecified atom stereocenters. The average Bonchev–Trinajstić information content (AvgIpc) is 3.32. The monoisotopic (exact) mass is 330 g/mol. The van der Waals surface area contributed by atoms with E-state index in [1.807, 2.05) is 32.0 Å². The highest BCUT2D eigenvalue weighted by atomic mass is 16.3. The fraction of sp³-hybridized carbons (Fsp3) is 0.579. The van der Waals surface area contributed by atoms with Crippen molar-refractivity contribution in [2.75, 3.05) is 18.0 Å². The molecule has 1 saturated carbocycles. The standard InChI is InChI=1S/C19H26N2O3/c1-12-4-7-16(8-13(12)2)21-10-14(9-17(21)22)18(23)20-11-19(3,24)15-5-6-15/h4,7-8,14-15,24H,5-6,9-11H2,1-3H3,(H,20,23)/t14-,19+/m0/s1. The zero-order valence-electron chi connectivity index (χ0n) is 14.6. The van der Waals surface area contributed by atoms with Crippen molar-refractivity contribution in [3.63, 3.8) is 0 Å². The number of carbonyl (C=O) groups excluding carboxylic acids is 2. The number of amides is 2. The smallest absolute Gasteiger partial charge is 0.227 e. The molecule has 1 aliphatic carbocycles. The van der Waals surface area contributed by atoms with Gasteiger partial charge in [0.05, 0.1) is 11.5 Å². The molecule has 0 aromatic heterocycles. The summed E-state index contributed by atoms with van der Waals surface area (Å²) in [4.78, 5) is 26.4. The second kappa shape index (κ2) is 6.20. The molecule has 2 atom stereocenters. The summed E-state index contributed by atoms with van der Waals surface area (Å²) < 4.78 is 0. The molecule has 1 heterocycles. The number of hydrogen-bond donors (Lipinski definition) is 2. The molecule has 130 valence electrons. The number of aliphatic hydroxyl groups is 1. The molecule has 2 N–H and O–H groups in total. The molecule has 2 amide bonds. The van der Waals surface area contributed by atoms with E-state index in [-0.39, 0.29) is 36.6 Å². The van der Waals surface area contributed by atoms with Crippen LogP contribution in [0.1, 0.15) is 37.3 Å². The molecule has 0 spiro atoms. The van der Waals surface area contributed by atoms with Crippen molar-refractivity contribution in [2.24, 2.45) is 11.8 Å². The lowest BCUT2D eigenvalue weighted by Gasteiger charge is -2.24. The molecule has 2 aliphatic rings. The van der Waals surface area contributed by atoms with E-state index in [4.69, 9.17) is 0 Å². The van der Waals surface area contributed by atoms with Gasteiger partial charge in [-0.2, -0.15) is 0 Å². The minimum absolute atomic E-state index is 0.0210. The number of anilines is 1. The van der Waals surface area contributed by atoms with Gasteiger partial charge in [-0.3, -0.25) is 9.59 Å². The second-order valence-corrected chi connectivity index (χ2v) is 7.52. The molecule has 3 rings (SSSR count). The SMILES string of the molecule is Cc1ccc(N2C[C@@H](C(=O)NC[C@@](C)(O)C3CC3)CC2=O)cc1C. The Balaban J connectivity index is 1.61. The highest BCUT2D eigenvalue weighted by Gasteiger charge is 2.41. The van der Waals surface area contributed by atoms with Crippen molar-refractivity contribution in [1.29, 1.82) is 0 Å². The molecule has 0 radical (unpaired) electrons. The predicted octanol–water partition coefficient (Wildman–Crippen LogP) is 1.93. The lowest BCUT2D eigenvalue weighted by molar-refractivity contribution is -0.127. The van der Waals surface area contributed by atoms with Crippen molar-refractivity contribution >= 4 is 17.5 Å². The highest BCUT2D eigenvalue weighted by Crippen LogP contribution is 2.39. The van der Waals surface area contributed by atoms with Gasteiger partial charge in [0.1, 0.15) is 0 Å². The van der Waals surface area contributed by atoms with E-state index in [1.54, 1.807) is 11.8 Å². The van der Waals surface area contributed by atoms with Gasteiger partial charge in [0.15, 0.2) is 0 Å². The van der Waals surface area contributed by atoms with Gasteiger partial charge in [-0.25, -0.2) is 0 Å². The third kappa shape index (κ3) is 3.46. The number of nitrogens with one attached hydrogen (secondary N) is 1. The van der Waals surface area contributed by atoms with Gasteiger partial charge in [-0.1, -0.05) is 6.07 Å². The fourth-order valence-corrected chi connectivity index (χ4v) is 3.29. The third-order valence-electron chi connectivity index (χ3n) is 5.38. The van der Waals surface area contributed by atoms with Crippen LogP contribution in [0.5, 0.6) is 0 Å². The molecular weight excluding hydrogens is 304 g/mol. The molecule has 1 aliphatic heterocycles. The van der Waals surface area contributed by atoms with Crippen LogP contribution in [0.3, 0.4) is 0 Å². The van der Waals surface area contributed by atoms with Crippen molar-refractivity contribution in [3.8, 4) is 0 Å². The predicted molar refractivity (Wildman–Crippen MR) is 92.7 cm³/mol. The fourth-order valence-electron chi connectivity index (χ4n) is 3.29. The van der Waals surface area contributed by atoms with E-state index in [1.165, 1.54) is 5.56 Å². The van der Waals surface area contributed by atoms with Gasteiger partial charge >= 0.3 is 0 Å². The molecule has 1 aromatic rings.